The average molecular weight is 298 g/mol. The van der Waals surface area contributed by atoms with Gasteiger partial charge in [0, 0.05) is 31.7 Å². The molecule has 1 aromatic carbocycles. The molecule has 1 N–H and O–H groups in total. The number of hydrogen-bond acceptors (Lipinski definition) is 4. The third-order valence-corrected chi connectivity index (χ3v) is 3.37. The number of aryl methyl sites for hydroxylation is 1. The Morgan fingerprint density at radius 1 is 1.27 bits per heavy atom. The maximum atomic E-state index is 12.2. The molecule has 1 aromatic heterocycles. The summed E-state index contributed by atoms with van der Waals surface area (Å²) >= 11 is 0. The summed E-state index contributed by atoms with van der Waals surface area (Å²) in [6.07, 6.45) is 5.19. The normalized spacial score (nSPS) is 10.3. The van der Waals surface area contributed by atoms with E-state index in [9.17, 15) is 4.79 Å². The van der Waals surface area contributed by atoms with Gasteiger partial charge in [-0.15, -0.1) is 0 Å². The highest BCUT2D eigenvalue weighted by Gasteiger charge is 2.12. The zero-order valence-corrected chi connectivity index (χ0v) is 13.3. The number of hydrogen-bond donors (Lipinski definition) is 1. The molecule has 0 aliphatic rings. The van der Waals surface area contributed by atoms with E-state index in [1.807, 2.05) is 31.2 Å². The van der Waals surface area contributed by atoms with E-state index in [0.717, 1.165) is 30.6 Å². The van der Waals surface area contributed by atoms with Crippen molar-refractivity contribution in [1.82, 2.24) is 14.9 Å². The standard InChI is InChI=1S/C17H22N4O/c1-4-5-9-21(3)16(22)14-11-18-17(19-12-14)20-15-8-6-7-13(2)10-15/h6-8,10-12H,4-5,9H2,1-3H3,(H,18,19,20). The Kier molecular flexibility index (Phi) is 5.47. The predicted molar refractivity (Wildman–Crippen MR) is 88.4 cm³/mol. The lowest BCUT2D eigenvalue weighted by Gasteiger charge is -2.16. The lowest BCUT2D eigenvalue weighted by atomic mass is 10.2. The fraction of sp³-hybridized carbons (Fsp3) is 0.353. The maximum absolute atomic E-state index is 12.2. The molecule has 2 rings (SSSR count). The van der Waals surface area contributed by atoms with Crippen LogP contribution in [0.2, 0.25) is 0 Å². The second kappa shape index (κ2) is 7.54. The van der Waals surface area contributed by atoms with Crippen molar-refractivity contribution in [2.75, 3.05) is 18.9 Å². The van der Waals surface area contributed by atoms with Gasteiger partial charge in [-0.2, -0.15) is 0 Å². The Morgan fingerprint density at radius 2 is 2.00 bits per heavy atom. The summed E-state index contributed by atoms with van der Waals surface area (Å²) in [6.45, 7) is 4.88. The van der Waals surface area contributed by atoms with E-state index < -0.39 is 0 Å². The summed E-state index contributed by atoms with van der Waals surface area (Å²) in [7, 11) is 1.80. The van der Waals surface area contributed by atoms with Gasteiger partial charge in [-0.05, 0) is 31.0 Å². The van der Waals surface area contributed by atoms with Crippen molar-refractivity contribution in [1.29, 1.82) is 0 Å². The minimum atomic E-state index is -0.0458. The van der Waals surface area contributed by atoms with Crippen LogP contribution < -0.4 is 5.32 Å². The highest BCUT2D eigenvalue weighted by Crippen LogP contribution is 2.14. The van der Waals surface area contributed by atoms with Crippen LogP contribution in [0.1, 0.15) is 35.7 Å². The summed E-state index contributed by atoms with van der Waals surface area (Å²) < 4.78 is 0. The Labute approximate surface area is 131 Å². The van der Waals surface area contributed by atoms with E-state index in [2.05, 4.69) is 22.2 Å². The summed E-state index contributed by atoms with van der Waals surface area (Å²) in [5.41, 5.74) is 2.60. The molecule has 0 fully saturated rings. The number of aromatic nitrogens is 2. The Hall–Kier alpha value is -2.43. The van der Waals surface area contributed by atoms with Gasteiger partial charge in [-0.25, -0.2) is 9.97 Å². The van der Waals surface area contributed by atoms with Gasteiger partial charge >= 0.3 is 0 Å². The molecule has 0 spiro atoms. The van der Waals surface area contributed by atoms with Crippen molar-refractivity contribution >= 4 is 17.5 Å². The first kappa shape index (κ1) is 15.9. The van der Waals surface area contributed by atoms with Crippen molar-refractivity contribution in [3.05, 3.63) is 47.8 Å². The first-order valence-corrected chi connectivity index (χ1v) is 7.51. The van der Waals surface area contributed by atoms with E-state index >= 15 is 0 Å². The van der Waals surface area contributed by atoms with Crippen LogP contribution >= 0.6 is 0 Å². The lowest BCUT2D eigenvalue weighted by Crippen LogP contribution is -2.27. The largest absolute Gasteiger partial charge is 0.342 e. The second-order valence-electron chi connectivity index (χ2n) is 5.37. The molecule has 0 saturated carbocycles. The van der Waals surface area contributed by atoms with Crippen LogP contribution in [0.3, 0.4) is 0 Å². The lowest BCUT2D eigenvalue weighted by molar-refractivity contribution is 0.0792. The Morgan fingerprint density at radius 3 is 2.64 bits per heavy atom. The molecule has 0 aliphatic carbocycles. The highest BCUT2D eigenvalue weighted by atomic mass is 16.2. The topological polar surface area (TPSA) is 58.1 Å². The van der Waals surface area contributed by atoms with Gasteiger partial charge in [0.05, 0.1) is 5.56 Å². The van der Waals surface area contributed by atoms with E-state index in [1.54, 1.807) is 24.3 Å². The van der Waals surface area contributed by atoms with Gasteiger partial charge in [-0.3, -0.25) is 4.79 Å². The van der Waals surface area contributed by atoms with Crippen LogP contribution in [0, 0.1) is 6.92 Å². The smallest absolute Gasteiger partial charge is 0.256 e. The third-order valence-electron chi connectivity index (χ3n) is 3.37. The molecule has 1 heterocycles. The number of nitrogens with zero attached hydrogens (tertiary/aromatic N) is 3. The number of carbonyl (C=O) groups excluding carboxylic acids is 1. The predicted octanol–water partition coefficient (Wildman–Crippen LogP) is 3.40. The molecule has 5 heteroatoms. The maximum Gasteiger partial charge on any atom is 0.256 e. The van der Waals surface area contributed by atoms with E-state index in [1.165, 1.54) is 0 Å². The molecule has 0 unspecified atom stereocenters. The molecule has 0 atom stereocenters. The summed E-state index contributed by atoms with van der Waals surface area (Å²) in [5.74, 6) is 0.439. The monoisotopic (exact) mass is 298 g/mol. The van der Waals surface area contributed by atoms with Crippen molar-refractivity contribution in [2.45, 2.75) is 26.7 Å². The number of benzene rings is 1. The fourth-order valence-electron chi connectivity index (χ4n) is 2.07. The molecule has 2 aromatic rings. The van der Waals surface area contributed by atoms with Crippen molar-refractivity contribution in [3.63, 3.8) is 0 Å². The van der Waals surface area contributed by atoms with Crippen molar-refractivity contribution in [2.24, 2.45) is 0 Å². The number of amides is 1. The molecule has 0 aliphatic heterocycles. The SMILES string of the molecule is CCCCN(C)C(=O)c1cnc(Nc2cccc(C)c2)nc1. The van der Waals surface area contributed by atoms with Crippen LogP contribution in [-0.2, 0) is 0 Å². The summed E-state index contributed by atoms with van der Waals surface area (Å²) in [4.78, 5) is 22.3. The van der Waals surface area contributed by atoms with Gasteiger partial charge in [0.15, 0.2) is 0 Å². The molecular formula is C17H22N4O. The van der Waals surface area contributed by atoms with Crippen LogP contribution in [0.15, 0.2) is 36.7 Å². The fourth-order valence-corrected chi connectivity index (χ4v) is 2.07. The zero-order chi connectivity index (χ0) is 15.9. The first-order chi connectivity index (χ1) is 10.6. The van der Waals surface area contributed by atoms with Gasteiger partial charge in [0.2, 0.25) is 5.95 Å². The molecule has 22 heavy (non-hydrogen) atoms. The number of unbranched alkanes of at least 4 members (excludes halogenated alkanes) is 1. The summed E-state index contributed by atoms with van der Waals surface area (Å²) in [6, 6.07) is 7.97. The van der Waals surface area contributed by atoms with Crippen LogP contribution in [0.25, 0.3) is 0 Å². The van der Waals surface area contributed by atoms with Crippen molar-refractivity contribution < 1.29 is 4.79 Å². The van der Waals surface area contributed by atoms with Gasteiger partial charge in [0.1, 0.15) is 0 Å². The van der Waals surface area contributed by atoms with Gasteiger partial charge in [-0.1, -0.05) is 25.5 Å². The van der Waals surface area contributed by atoms with Crippen LogP contribution in [0.5, 0.6) is 0 Å². The number of rotatable bonds is 6. The Bertz CT molecular complexity index is 625. The van der Waals surface area contributed by atoms with Crippen LogP contribution in [0.4, 0.5) is 11.6 Å². The first-order valence-electron chi connectivity index (χ1n) is 7.51. The number of carbonyl (C=O) groups is 1. The molecular weight excluding hydrogens is 276 g/mol. The van der Waals surface area contributed by atoms with Crippen molar-refractivity contribution in [3.8, 4) is 0 Å². The average Bonchev–Trinajstić information content (AvgIpc) is 2.52. The molecule has 0 bridgehead atoms. The molecule has 1 amide bonds. The number of anilines is 2. The minimum absolute atomic E-state index is 0.0458. The van der Waals surface area contributed by atoms with Gasteiger partial charge < -0.3 is 10.2 Å². The third kappa shape index (κ3) is 4.28. The van der Waals surface area contributed by atoms with Gasteiger partial charge in [0.25, 0.3) is 5.91 Å². The van der Waals surface area contributed by atoms with E-state index in [4.69, 9.17) is 0 Å². The van der Waals surface area contributed by atoms with E-state index in [0.29, 0.717) is 11.5 Å². The number of nitrogens with one attached hydrogen (secondary N) is 1. The quantitative estimate of drug-likeness (QED) is 0.888. The van der Waals surface area contributed by atoms with E-state index in [-0.39, 0.29) is 5.91 Å². The molecule has 116 valence electrons. The minimum Gasteiger partial charge on any atom is -0.342 e. The molecule has 0 saturated heterocycles. The zero-order valence-electron chi connectivity index (χ0n) is 13.3. The molecule has 0 radical (unpaired) electrons. The molecule has 5 nitrogen and oxygen atoms in total. The summed E-state index contributed by atoms with van der Waals surface area (Å²) in [5, 5.41) is 3.13. The Balaban J connectivity index is 2.02. The second-order valence-corrected chi connectivity index (χ2v) is 5.37. The highest BCUT2D eigenvalue weighted by molar-refractivity contribution is 5.93. The van der Waals surface area contributed by atoms with Crippen LogP contribution in [-0.4, -0.2) is 34.4 Å².